The first kappa shape index (κ1) is 18.2. The van der Waals surface area contributed by atoms with Crippen LogP contribution in [0.4, 0.5) is 15.0 Å². The molecule has 0 unspecified atom stereocenters. The van der Waals surface area contributed by atoms with Gasteiger partial charge < -0.3 is 10.5 Å². The largest absolute Gasteiger partial charge is 0.443 e. The van der Waals surface area contributed by atoms with Crippen LogP contribution < -0.4 is 10.6 Å². The SMILES string of the molecule is CCCN(C(=O)OC(C)(C)C)c1nc(Cl)c(C(N)=O)cc1F. The Hall–Kier alpha value is -1.89. The second-order valence-electron chi connectivity index (χ2n) is 5.63. The highest BCUT2D eigenvalue weighted by molar-refractivity contribution is 6.32. The molecule has 1 aromatic heterocycles. The zero-order valence-corrected chi connectivity index (χ0v) is 13.7. The number of ether oxygens (including phenoxy) is 1. The number of nitrogens with two attached hydrogens (primary N) is 1. The van der Waals surface area contributed by atoms with Gasteiger partial charge in [0.25, 0.3) is 5.91 Å². The lowest BCUT2D eigenvalue weighted by Crippen LogP contribution is -2.38. The topological polar surface area (TPSA) is 85.5 Å². The van der Waals surface area contributed by atoms with E-state index in [1.165, 1.54) is 0 Å². The molecule has 0 aromatic carbocycles. The first-order valence-electron chi connectivity index (χ1n) is 6.73. The van der Waals surface area contributed by atoms with Gasteiger partial charge in [-0.1, -0.05) is 18.5 Å². The number of amides is 2. The lowest BCUT2D eigenvalue weighted by atomic mass is 10.2. The third-order valence-corrected chi connectivity index (χ3v) is 2.78. The average molecular weight is 332 g/mol. The minimum absolute atomic E-state index is 0.186. The summed E-state index contributed by atoms with van der Waals surface area (Å²) in [6, 6.07) is 0.861. The second-order valence-corrected chi connectivity index (χ2v) is 5.99. The van der Waals surface area contributed by atoms with Crippen molar-refractivity contribution in [2.45, 2.75) is 39.7 Å². The van der Waals surface area contributed by atoms with Crippen LogP contribution in [0.5, 0.6) is 0 Å². The van der Waals surface area contributed by atoms with E-state index in [0.717, 1.165) is 11.0 Å². The van der Waals surface area contributed by atoms with Crippen molar-refractivity contribution in [1.82, 2.24) is 4.98 Å². The first-order chi connectivity index (χ1) is 10.1. The predicted molar refractivity (Wildman–Crippen MR) is 81.6 cm³/mol. The third kappa shape index (κ3) is 4.56. The maximum Gasteiger partial charge on any atom is 0.416 e. The Morgan fingerprint density at radius 1 is 1.45 bits per heavy atom. The summed E-state index contributed by atoms with van der Waals surface area (Å²) in [7, 11) is 0. The maximum atomic E-state index is 14.2. The number of carbonyl (C=O) groups excluding carboxylic acids is 2. The molecule has 122 valence electrons. The van der Waals surface area contributed by atoms with Gasteiger partial charge in [-0.15, -0.1) is 0 Å². The van der Waals surface area contributed by atoms with Gasteiger partial charge in [-0.2, -0.15) is 0 Å². The fourth-order valence-corrected chi connectivity index (χ4v) is 1.87. The van der Waals surface area contributed by atoms with Crippen molar-refractivity contribution in [3.63, 3.8) is 0 Å². The van der Waals surface area contributed by atoms with Crippen molar-refractivity contribution in [3.05, 3.63) is 22.6 Å². The third-order valence-electron chi connectivity index (χ3n) is 2.49. The molecule has 0 radical (unpaired) electrons. The summed E-state index contributed by atoms with van der Waals surface area (Å²) in [4.78, 5) is 28.1. The van der Waals surface area contributed by atoms with Crippen molar-refractivity contribution in [2.75, 3.05) is 11.4 Å². The van der Waals surface area contributed by atoms with E-state index < -0.39 is 23.4 Å². The van der Waals surface area contributed by atoms with Crippen LogP contribution in [-0.4, -0.2) is 29.1 Å². The summed E-state index contributed by atoms with van der Waals surface area (Å²) in [6.45, 7) is 7.09. The molecule has 0 saturated carbocycles. The Morgan fingerprint density at radius 3 is 2.50 bits per heavy atom. The fourth-order valence-electron chi connectivity index (χ4n) is 1.64. The number of aromatic nitrogens is 1. The Kier molecular flexibility index (Phi) is 5.71. The molecule has 0 atom stereocenters. The molecule has 0 aliphatic heterocycles. The minimum Gasteiger partial charge on any atom is -0.443 e. The lowest BCUT2D eigenvalue weighted by Gasteiger charge is -2.27. The van der Waals surface area contributed by atoms with Gasteiger partial charge in [0.2, 0.25) is 0 Å². The highest BCUT2D eigenvalue weighted by Crippen LogP contribution is 2.25. The number of pyridine rings is 1. The van der Waals surface area contributed by atoms with Crippen molar-refractivity contribution in [3.8, 4) is 0 Å². The van der Waals surface area contributed by atoms with Crippen LogP contribution >= 0.6 is 11.6 Å². The molecule has 8 heteroatoms. The van der Waals surface area contributed by atoms with E-state index in [0.29, 0.717) is 6.42 Å². The van der Waals surface area contributed by atoms with Crippen LogP contribution in [0.2, 0.25) is 5.15 Å². The molecular formula is C14H19ClFN3O3. The summed E-state index contributed by atoms with van der Waals surface area (Å²) in [5.41, 5.74) is 4.09. The highest BCUT2D eigenvalue weighted by Gasteiger charge is 2.27. The van der Waals surface area contributed by atoms with E-state index in [9.17, 15) is 14.0 Å². The summed E-state index contributed by atoms with van der Waals surface area (Å²) in [6.07, 6.45) is -0.195. The van der Waals surface area contributed by atoms with Crippen LogP contribution in [0, 0.1) is 5.82 Å². The predicted octanol–water partition coefficient (Wildman–Crippen LogP) is 3.12. The molecule has 1 aromatic rings. The number of primary amides is 1. The first-order valence-corrected chi connectivity index (χ1v) is 7.11. The Labute approximate surface area is 133 Å². The van der Waals surface area contributed by atoms with Crippen molar-refractivity contribution >= 4 is 29.4 Å². The molecule has 6 nitrogen and oxygen atoms in total. The zero-order chi connectivity index (χ0) is 17.1. The molecule has 2 amide bonds. The number of hydrogen-bond acceptors (Lipinski definition) is 4. The monoisotopic (exact) mass is 331 g/mol. The van der Waals surface area contributed by atoms with Crippen molar-refractivity contribution in [2.24, 2.45) is 5.73 Å². The quantitative estimate of drug-likeness (QED) is 0.859. The summed E-state index contributed by atoms with van der Waals surface area (Å²) in [5, 5.41) is -0.270. The van der Waals surface area contributed by atoms with Gasteiger partial charge in [-0.05, 0) is 33.3 Å². The van der Waals surface area contributed by atoms with E-state index in [2.05, 4.69) is 4.98 Å². The Balaban J connectivity index is 3.24. The molecule has 0 spiro atoms. The van der Waals surface area contributed by atoms with Gasteiger partial charge in [-0.25, -0.2) is 14.2 Å². The van der Waals surface area contributed by atoms with Gasteiger partial charge in [0.15, 0.2) is 11.6 Å². The Morgan fingerprint density at radius 2 is 2.05 bits per heavy atom. The van der Waals surface area contributed by atoms with E-state index in [1.54, 1.807) is 20.8 Å². The zero-order valence-electron chi connectivity index (χ0n) is 12.9. The number of halogens is 2. The molecule has 1 rings (SSSR count). The minimum atomic E-state index is -0.901. The molecule has 0 aliphatic rings. The molecule has 2 N–H and O–H groups in total. The van der Waals surface area contributed by atoms with E-state index >= 15 is 0 Å². The molecule has 0 bridgehead atoms. The van der Waals surface area contributed by atoms with Crippen LogP contribution in [0.3, 0.4) is 0 Å². The molecular weight excluding hydrogens is 313 g/mol. The lowest BCUT2D eigenvalue weighted by molar-refractivity contribution is 0.0577. The van der Waals surface area contributed by atoms with Gasteiger partial charge >= 0.3 is 6.09 Å². The summed E-state index contributed by atoms with van der Waals surface area (Å²) < 4.78 is 19.4. The fraction of sp³-hybridized carbons (Fsp3) is 0.500. The molecule has 0 aliphatic carbocycles. The van der Waals surface area contributed by atoms with Crippen LogP contribution in [0.25, 0.3) is 0 Å². The van der Waals surface area contributed by atoms with E-state index in [4.69, 9.17) is 22.1 Å². The van der Waals surface area contributed by atoms with E-state index in [1.807, 2.05) is 6.92 Å². The number of hydrogen-bond donors (Lipinski definition) is 1. The van der Waals surface area contributed by atoms with Crippen LogP contribution in [0.15, 0.2) is 6.07 Å². The molecule has 0 fully saturated rings. The maximum absolute atomic E-state index is 14.2. The van der Waals surface area contributed by atoms with Gasteiger partial charge in [-0.3, -0.25) is 9.69 Å². The Bertz CT molecular complexity index is 587. The van der Waals surface area contributed by atoms with Gasteiger partial charge in [0, 0.05) is 6.54 Å². The van der Waals surface area contributed by atoms with Crippen molar-refractivity contribution < 1.29 is 18.7 Å². The second kappa shape index (κ2) is 6.91. The number of anilines is 1. The number of nitrogens with zero attached hydrogens (tertiary/aromatic N) is 2. The van der Waals surface area contributed by atoms with Gasteiger partial charge in [0.05, 0.1) is 5.56 Å². The van der Waals surface area contributed by atoms with Crippen LogP contribution in [0.1, 0.15) is 44.5 Å². The average Bonchev–Trinajstić information content (AvgIpc) is 2.36. The number of rotatable bonds is 4. The van der Waals surface area contributed by atoms with E-state index in [-0.39, 0.29) is 23.1 Å². The standard InChI is InChI=1S/C14H19ClFN3O3/c1-5-6-19(13(21)22-14(2,3)4)12-9(16)7-8(11(17)20)10(15)18-12/h7H,5-6H2,1-4H3,(H2,17,20). The smallest absolute Gasteiger partial charge is 0.416 e. The van der Waals surface area contributed by atoms with Crippen molar-refractivity contribution in [1.29, 1.82) is 0 Å². The molecule has 0 saturated heterocycles. The number of carbonyl (C=O) groups is 2. The summed E-state index contributed by atoms with van der Waals surface area (Å²) in [5.74, 6) is -2.08. The molecule has 1 heterocycles. The van der Waals surface area contributed by atoms with Crippen LogP contribution in [-0.2, 0) is 4.74 Å². The highest BCUT2D eigenvalue weighted by atomic mass is 35.5. The normalized spacial score (nSPS) is 11.2. The van der Waals surface area contributed by atoms with Gasteiger partial charge in [0.1, 0.15) is 10.8 Å². The summed E-state index contributed by atoms with van der Waals surface area (Å²) >= 11 is 5.82. The molecule has 22 heavy (non-hydrogen) atoms.